The zero-order chi connectivity index (χ0) is 24.8. The second-order valence-electron chi connectivity index (χ2n) is 12.0. The van der Waals surface area contributed by atoms with Crippen LogP contribution in [0.4, 0.5) is 8.78 Å². The molecule has 0 aromatic heterocycles. The van der Waals surface area contributed by atoms with E-state index in [1.54, 1.807) is 6.07 Å². The molecule has 2 heterocycles. The first-order valence-electron chi connectivity index (χ1n) is 13.5. The van der Waals surface area contributed by atoms with E-state index in [0.29, 0.717) is 36.5 Å². The van der Waals surface area contributed by atoms with E-state index in [0.717, 1.165) is 70.6 Å². The first kappa shape index (κ1) is 25.3. The Balaban J connectivity index is 1.28. The van der Waals surface area contributed by atoms with Gasteiger partial charge in [-0.2, -0.15) is 0 Å². The van der Waals surface area contributed by atoms with Crippen molar-refractivity contribution in [3.63, 3.8) is 0 Å². The topological polar surface area (TPSA) is 41.9 Å². The Hall–Kier alpha value is -1.34. The molecule has 6 atom stereocenters. The third kappa shape index (κ3) is 4.60. The van der Waals surface area contributed by atoms with Crippen LogP contribution in [0.1, 0.15) is 70.6 Å². The monoisotopic (exact) mass is 489 g/mol. The molecule has 1 aromatic rings. The van der Waals surface area contributed by atoms with E-state index in [1.807, 2.05) is 0 Å². The lowest BCUT2D eigenvalue weighted by molar-refractivity contribution is -0.307. The summed E-state index contributed by atoms with van der Waals surface area (Å²) < 4.78 is 39.9. The van der Waals surface area contributed by atoms with Crippen LogP contribution in [-0.2, 0) is 9.47 Å². The molecule has 2 saturated carbocycles. The number of likely N-dealkylation sites (tertiary alicyclic amines) is 1. The summed E-state index contributed by atoms with van der Waals surface area (Å²) in [5, 5.41) is 9.45. The van der Waals surface area contributed by atoms with Gasteiger partial charge in [0.15, 0.2) is 17.9 Å². The van der Waals surface area contributed by atoms with Gasteiger partial charge in [-0.1, -0.05) is 32.1 Å². The molecular weight excluding hydrogens is 448 g/mol. The van der Waals surface area contributed by atoms with E-state index in [1.165, 1.54) is 11.6 Å². The van der Waals surface area contributed by atoms with Gasteiger partial charge in [-0.3, -0.25) is 0 Å². The van der Waals surface area contributed by atoms with Crippen LogP contribution in [0.3, 0.4) is 0 Å². The van der Waals surface area contributed by atoms with Gasteiger partial charge in [0.25, 0.3) is 0 Å². The first-order chi connectivity index (χ1) is 16.7. The van der Waals surface area contributed by atoms with Crippen molar-refractivity contribution in [3.8, 4) is 0 Å². The van der Waals surface area contributed by atoms with Crippen molar-refractivity contribution in [2.75, 3.05) is 32.8 Å². The summed E-state index contributed by atoms with van der Waals surface area (Å²) in [4.78, 5) is 2.57. The van der Waals surface area contributed by atoms with E-state index in [4.69, 9.17) is 9.47 Å². The normalized spacial score (nSPS) is 38.7. The summed E-state index contributed by atoms with van der Waals surface area (Å²) in [5.74, 6) is -0.300. The summed E-state index contributed by atoms with van der Waals surface area (Å²) in [5.41, 5.74) is 1.99. The second-order valence-corrected chi connectivity index (χ2v) is 12.0. The summed E-state index contributed by atoms with van der Waals surface area (Å²) in [7, 11) is 0. The van der Waals surface area contributed by atoms with Crippen LogP contribution in [0.15, 0.2) is 30.4 Å². The molecule has 2 aliphatic heterocycles. The number of fused-ring (bicyclic) bond motifs is 3. The first-order valence-corrected chi connectivity index (χ1v) is 13.5. The van der Waals surface area contributed by atoms with Crippen molar-refractivity contribution in [3.05, 3.63) is 47.5 Å². The number of allylic oxidation sites excluding steroid dienone is 1. The van der Waals surface area contributed by atoms with Gasteiger partial charge in [0.1, 0.15) is 0 Å². The molecule has 1 unspecified atom stereocenters. The van der Waals surface area contributed by atoms with Crippen LogP contribution in [0.2, 0.25) is 0 Å². The van der Waals surface area contributed by atoms with Crippen LogP contribution < -0.4 is 0 Å². The summed E-state index contributed by atoms with van der Waals surface area (Å²) in [6, 6.07) is 3.90. The van der Waals surface area contributed by atoms with Gasteiger partial charge in [0.2, 0.25) is 0 Å². The smallest absolute Gasteiger partial charge is 0.184 e. The average Bonchev–Trinajstić information content (AvgIpc) is 2.85. The zero-order valence-electron chi connectivity index (χ0n) is 21.3. The number of halogens is 2. The van der Waals surface area contributed by atoms with Crippen molar-refractivity contribution in [2.24, 2.45) is 28.6 Å². The van der Waals surface area contributed by atoms with Crippen molar-refractivity contribution in [1.29, 1.82) is 0 Å². The van der Waals surface area contributed by atoms with Gasteiger partial charge in [0, 0.05) is 17.6 Å². The molecule has 4 aliphatic rings. The fourth-order valence-corrected chi connectivity index (χ4v) is 7.90. The quantitative estimate of drug-likeness (QED) is 0.526. The third-order valence-electron chi connectivity index (χ3n) is 10.1. The van der Waals surface area contributed by atoms with E-state index in [9.17, 15) is 13.9 Å². The lowest BCUT2D eigenvalue weighted by Gasteiger charge is -2.62. The fourth-order valence-electron chi connectivity index (χ4n) is 7.90. The summed E-state index contributed by atoms with van der Waals surface area (Å²) >= 11 is 0. The highest BCUT2D eigenvalue weighted by Crippen LogP contribution is 2.63. The largest absolute Gasteiger partial charge is 0.396 e. The number of rotatable bonds is 5. The molecule has 0 bridgehead atoms. The highest BCUT2D eigenvalue weighted by Gasteiger charge is 2.60. The minimum Gasteiger partial charge on any atom is -0.396 e. The minimum absolute atomic E-state index is 0.0389. The Morgan fingerprint density at radius 3 is 2.57 bits per heavy atom. The van der Waals surface area contributed by atoms with E-state index >= 15 is 0 Å². The van der Waals surface area contributed by atoms with Crippen LogP contribution in [-0.4, -0.2) is 49.0 Å². The number of nitrogens with zero attached hydrogens (tertiary/aromatic N) is 1. The molecule has 194 valence electrons. The van der Waals surface area contributed by atoms with Crippen LogP contribution >= 0.6 is 0 Å². The van der Waals surface area contributed by atoms with Crippen LogP contribution in [0, 0.1) is 40.2 Å². The van der Waals surface area contributed by atoms with Crippen LogP contribution in [0.25, 0.3) is 0 Å². The van der Waals surface area contributed by atoms with Crippen molar-refractivity contribution >= 4 is 0 Å². The molecular formula is C29H41F2NO3. The van der Waals surface area contributed by atoms with Gasteiger partial charge in [-0.15, -0.1) is 0 Å². The molecule has 1 aromatic carbocycles. The third-order valence-corrected chi connectivity index (χ3v) is 10.1. The molecule has 5 rings (SSSR count). The maximum Gasteiger partial charge on any atom is 0.184 e. The Morgan fingerprint density at radius 1 is 1.09 bits per heavy atom. The zero-order valence-corrected chi connectivity index (χ0v) is 21.3. The number of hydrogen-bond acceptors (Lipinski definition) is 4. The lowest BCUT2D eigenvalue weighted by Crippen LogP contribution is -2.60. The van der Waals surface area contributed by atoms with E-state index in [-0.39, 0.29) is 16.9 Å². The molecule has 0 spiro atoms. The number of benzene rings is 1. The van der Waals surface area contributed by atoms with Gasteiger partial charge in [0.05, 0.1) is 12.7 Å². The molecule has 2 aliphatic carbocycles. The molecule has 6 heteroatoms. The highest BCUT2D eigenvalue weighted by atomic mass is 19.2. The molecule has 0 radical (unpaired) electrons. The van der Waals surface area contributed by atoms with E-state index < -0.39 is 17.9 Å². The molecule has 0 amide bonds. The van der Waals surface area contributed by atoms with Gasteiger partial charge < -0.3 is 19.5 Å². The fraction of sp³-hybridized carbons (Fsp3) is 0.724. The van der Waals surface area contributed by atoms with Gasteiger partial charge in [-0.05, 0) is 99.9 Å². The maximum atomic E-state index is 13.8. The Labute approximate surface area is 208 Å². The van der Waals surface area contributed by atoms with Crippen molar-refractivity contribution in [1.82, 2.24) is 4.90 Å². The molecule has 1 N–H and O–H groups in total. The van der Waals surface area contributed by atoms with Crippen molar-refractivity contribution < 1.29 is 23.4 Å². The molecule has 4 fully saturated rings. The van der Waals surface area contributed by atoms with Gasteiger partial charge in [-0.25, -0.2) is 8.78 Å². The lowest BCUT2D eigenvalue weighted by atomic mass is 9.46. The number of aliphatic hydroxyl groups is 1. The minimum atomic E-state index is -0.867. The standard InChI is InChI=1S/C29H41F2NO3/c1-19-4-7-25-28(2,22(19)11-15-32-13-9-20(17-33)10-14-32)12-8-26-29(25,3)18-34-27(35-26)21-5-6-23(30)24(31)16-21/h5-6,16,20,22,25-27,33H,1,4,7-15,17-18H2,2-3H3/t22-,25?,26-,27-,28+,29+/m1/s1. The SMILES string of the molecule is C=C1CCC2[C@]3(C)CO[C@@H](c4ccc(F)c(F)c4)O[C@@H]3CC[C@@]2(C)[C@@H]1CCN1CCC(CO)CC1. The van der Waals surface area contributed by atoms with Crippen molar-refractivity contribution in [2.45, 2.75) is 71.2 Å². The number of piperidine rings is 1. The van der Waals surface area contributed by atoms with E-state index in [2.05, 4.69) is 25.3 Å². The Morgan fingerprint density at radius 2 is 1.86 bits per heavy atom. The predicted molar refractivity (Wildman–Crippen MR) is 132 cm³/mol. The summed E-state index contributed by atoms with van der Waals surface area (Å²) in [6.07, 6.45) is 6.88. The maximum absolute atomic E-state index is 13.8. The Kier molecular flexibility index (Phi) is 7.12. The van der Waals surface area contributed by atoms with Gasteiger partial charge >= 0.3 is 0 Å². The molecule has 35 heavy (non-hydrogen) atoms. The number of hydrogen-bond donors (Lipinski definition) is 1. The highest BCUT2D eigenvalue weighted by molar-refractivity contribution is 5.21. The number of aliphatic hydroxyl groups excluding tert-OH is 1. The predicted octanol–water partition coefficient (Wildman–Crippen LogP) is 5.86. The van der Waals surface area contributed by atoms with Crippen LogP contribution in [0.5, 0.6) is 0 Å². The average molecular weight is 490 g/mol. The number of ether oxygens (including phenoxy) is 2. The summed E-state index contributed by atoms with van der Waals surface area (Å²) in [6.45, 7) is 13.4. The molecule has 2 saturated heterocycles. The molecule has 4 nitrogen and oxygen atoms in total. The Bertz CT molecular complexity index is 933. The second kappa shape index (κ2) is 9.85.